The fourth-order valence-corrected chi connectivity index (χ4v) is 5.67. The minimum absolute atomic E-state index is 0.240. The molecule has 4 heterocycles. The van der Waals surface area contributed by atoms with Crippen molar-refractivity contribution < 1.29 is 9.53 Å². The van der Waals surface area contributed by atoms with Crippen LogP contribution in [0.2, 0.25) is 0 Å². The van der Waals surface area contributed by atoms with Gasteiger partial charge in [-0.3, -0.25) is 0 Å². The Bertz CT molecular complexity index is 972. The van der Waals surface area contributed by atoms with E-state index in [1.807, 2.05) is 29.2 Å². The van der Waals surface area contributed by atoms with Crippen molar-refractivity contribution in [3.05, 3.63) is 48.2 Å². The number of carbonyl (C=O) groups excluding carboxylic acids is 1. The Hall–Kier alpha value is -2.67. The number of carbonyl (C=O) groups is 1. The van der Waals surface area contributed by atoms with E-state index in [9.17, 15) is 4.79 Å². The first-order valence-electron chi connectivity index (χ1n) is 10.2. The first kappa shape index (κ1) is 18.4. The smallest absolute Gasteiger partial charge is 0.315 e. The minimum atomic E-state index is -0.240. The average Bonchev–Trinajstić information content (AvgIpc) is 3.25. The fourth-order valence-electron chi connectivity index (χ4n) is 4.87. The molecule has 0 aliphatic carbocycles. The highest BCUT2D eigenvalue weighted by molar-refractivity contribution is 7.20. The number of piperidine rings is 1. The second kappa shape index (κ2) is 7.63. The maximum absolute atomic E-state index is 11.6. The summed E-state index contributed by atoms with van der Waals surface area (Å²) in [4.78, 5) is 22.2. The predicted octanol–water partition coefficient (Wildman–Crippen LogP) is 4.74. The second-order valence-electron chi connectivity index (χ2n) is 8.06. The molecule has 2 N–H and O–H groups in total. The van der Waals surface area contributed by atoms with Crippen LogP contribution in [0.1, 0.15) is 37.7 Å². The molecular formula is C22H24N4O2S. The predicted molar refractivity (Wildman–Crippen MR) is 113 cm³/mol. The Kier molecular flexibility index (Phi) is 4.83. The zero-order valence-electron chi connectivity index (χ0n) is 16.2. The molecule has 1 unspecified atom stereocenters. The third-order valence-electron chi connectivity index (χ3n) is 6.20. The molecule has 2 saturated heterocycles. The van der Waals surface area contributed by atoms with Gasteiger partial charge in [-0.15, -0.1) is 0 Å². The summed E-state index contributed by atoms with van der Waals surface area (Å²) in [5.41, 5.74) is 7.59. The number of pyridine rings is 1. The van der Waals surface area contributed by atoms with Gasteiger partial charge in [0.2, 0.25) is 0 Å². The number of hydrogen-bond acceptors (Lipinski definition) is 5. The molecule has 29 heavy (non-hydrogen) atoms. The summed E-state index contributed by atoms with van der Waals surface area (Å²) in [6.45, 7) is 0. The number of thiazole rings is 1. The lowest BCUT2D eigenvalue weighted by molar-refractivity contribution is 0.125. The summed E-state index contributed by atoms with van der Waals surface area (Å²) in [5, 5.41) is 0.614. The van der Waals surface area contributed by atoms with Crippen molar-refractivity contribution in [2.24, 2.45) is 11.7 Å². The molecule has 2 aliphatic rings. The van der Waals surface area contributed by atoms with Gasteiger partial charge in [0.05, 0.1) is 4.70 Å². The van der Waals surface area contributed by atoms with E-state index in [4.69, 9.17) is 10.5 Å². The highest BCUT2D eigenvalue weighted by atomic mass is 32.1. The Morgan fingerprint density at radius 3 is 2.62 bits per heavy atom. The molecule has 2 bridgehead atoms. The van der Waals surface area contributed by atoms with E-state index in [2.05, 4.69) is 22.1 Å². The summed E-state index contributed by atoms with van der Waals surface area (Å²) in [6, 6.07) is 12.7. The molecule has 2 aromatic heterocycles. The van der Waals surface area contributed by atoms with E-state index >= 15 is 0 Å². The summed E-state index contributed by atoms with van der Waals surface area (Å²) < 4.78 is 6.93. The van der Waals surface area contributed by atoms with Gasteiger partial charge >= 0.3 is 6.03 Å². The number of ether oxygens (including phenoxy) is 1. The van der Waals surface area contributed by atoms with Crippen LogP contribution in [0, 0.1) is 5.92 Å². The SMILES string of the molecule is NC(=O)N1[C@@H]2CC[C@H]1CC(CCc1ccc(Oc3nc4ncccc4s3)cc1)C2. The summed E-state index contributed by atoms with van der Waals surface area (Å²) in [6.07, 6.45) is 8.34. The number of rotatable bonds is 5. The van der Waals surface area contributed by atoms with Crippen molar-refractivity contribution >= 4 is 27.7 Å². The lowest BCUT2D eigenvalue weighted by Crippen LogP contribution is -2.49. The van der Waals surface area contributed by atoms with Crippen molar-refractivity contribution in [3.8, 4) is 10.9 Å². The van der Waals surface area contributed by atoms with Crippen molar-refractivity contribution in [1.29, 1.82) is 0 Å². The molecule has 7 heteroatoms. The van der Waals surface area contributed by atoms with E-state index in [1.165, 1.54) is 16.9 Å². The lowest BCUT2D eigenvalue weighted by Gasteiger charge is -2.38. The lowest BCUT2D eigenvalue weighted by atomic mass is 9.86. The molecule has 5 rings (SSSR count). The molecule has 1 aromatic carbocycles. The molecule has 150 valence electrons. The molecule has 0 radical (unpaired) electrons. The largest absolute Gasteiger partial charge is 0.431 e. The molecule has 3 aromatic rings. The topological polar surface area (TPSA) is 81.3 Å². The van der Waals surface area contributed by atoms with Crippen molar-refractivity contribution in [2.45, 2.75) is 50.6 Å². The molecule has 3 atom stereocenters. The Morgan fingerprint density at radius 2 is 1.93 bits per heavy atom. The molecule has 2 amide bonds. The van der Waals surface area contributed by atoms with E-state index in [0.29, 0.717) is 23.2 Å². The monoisotopic (exact) mass is 408 g/mol. The molecular weight excluding hydrogens is 384 g/mol. The number of fused-ring (bicyclic) bond motifs is 3. The van der Waals surface area contributed by atoms with Gasteiger partial charge < -0.3 is 15.4 Å². The van der Waals surface area contributed by atoms with Gasteiger partial charge in [0.1, 0.15) is 5.75 Å². The van der Waals surface area contributed by atoms with E-state index < -0.39 is 0 Å². The standard InChI is InChI=1S/C22H24N4O2S/c23-21(27)26-16-7-8-17(26)13-15(12-16)4-3-14-5-9-18(10-6-14)28-22-25-20-19(29-22)2-1-11-24-20/h1-2,5-6,9-11,15-17H,3-4,7-8,12-13H2,(H2,23,27)/t15?,16-,17+. The van der Waals surface area contributed by atoms with Gasteiger partial charge in [0, 0.05) is 18.3 Å². The Morgan fingerprint density at radius 1 is 1.17 bits per heavy atom. The van der Waals surface area contributed by atoms with Crippen LogP contribution in [0.25, 0.3) is 10.3 Å². The number of hydrogen-bond donors (Lipinski definition) is 1. The third kappa shape index (κ3) is 3.79. The van der Waals surface area contributed by atoms with E-state index in [-0.39, 0.29) is 6.03 Å². The molecule has 0 spiro atoms. The number of aryl methyl sites for hydroxylation is 1. The van der Waals surface area contributed by atoms with Gasteiger partial charge in [-0.05, 0) is 74.3 Å². The summed E-state index contributed by atoms with van der Waals surface area (Å²) in [5.74, 6) is 1.47. The average molecular weight is 409 g/mol. The van der Waals surface area contributed by atoms with Gasteiger partial charge in [0.25, 0.3) is 5.19 Å². The molecule has 2 fully saturated rings. The second-order valence-corrected chi connectivity index (χ2v) is 9.05. The van der Waals surface area contributed by atoms with Crippen LogP contribution in [0.15, 0.2) is 42.6 Å². The van der Waals surface area contributed by atoms with Crippen LogP contribution in [-0.2, 0) is 6.42 Å². The maximum atomic E-state index is 11.6. The van der Waals surface area contributed by atoms with Gasteiger partial charge in [-0.2, -0.15) is 4.98 Å². The molecule has 2 aliphatic heterocycles. The highest BCUT2D eigenvalue weighted by Crippen LogP contribution is 2.40. The van der Waals surface area contributed by atoms with Gasteiger partial charge in [0.15, 0.2) is 5.65 Å². The number of primary amides is 1. The van der Waals surface area contributed by atoms with Crippen LogP contribution in [0.4, 0.5) is 4.79 Å². The highest BCUT2D eigenvalue weighted by Gasteiger charge is 2.42. The first-order valence-corrected chi connectivity index (χ1v) is 11.0. The van der Waals surface area contributed by atoms with Crippen LogP contribution >= 0.6 is 11.3 Å². The number of nitrogens with two attached hydrogens (primary N) is 1. The van der Waals surface area contributed by atoms with E-state index in [0.717, 1.165) is 54.6 Å². The van der Waals surface area contributed by atoms with Gasteiger partial charge in [-0.25, -0.2) is 9.78 Å². The van der Waals surface area contributed by atoms with Crippen LogP contribution in [-0.4, -0.2) is 33.0 Å². The third-order valence-corrected chi connectivity index (χ3v) is 7.09. The Labute approximate surface area is 173 Å². The molecule has 6 nitrogen and oxygen atoms in total. The maximum Gasteiger partial charge on any atom is 0.315 e. The quantitative estimate of drug-likeness (QED) is 0.661. The number of benzene rings is 1. The van der Waals surface area contributed by atoms with Gasteiger partial charge in [-0.1, -0.05) is 23.5 Å². The van der Waals surface area contributed by atoms with Crippen molar-refractivity contribution in [1.82, 2.24) is 14.9 Å². The molecule has 0 saturated carbocycles. The minimum Gasteiger partial charge on any atom is -0.431 e. The van der Waals surface area contributed by atoms with Crippen LogP contribution < -0.4 is 10.5 Å². The first-order chi connectivity index (χ1) is 14.2. The normalized spacial score (nSPS) is 23.4. The van der Waals surface area contributed by atoms with Crippen molar-refractivity contribution in [3.63, 3.8) is 0 Å². The zero-order chi connectivity index (χ0) is 19.8. The zero-order valence-corrected chi connectivity index (χ0v) is 17.0. The summed E-state index contributed by atoms with van der Waals surface area (Å²) in [7, 11) is 0. The number of aromatic nitrogens is 2. The number of urea groups is 1. The van der Waals surface area contributed by atoms with Crippen molar-refractivity contribution in [2.75, 3.05) is 0 Å². The number of nitrogens with zero attached hydrogens (tertiary/aromatic N) is 3. The van der Waals surface area contributed by atoms with Crippen LogP contribution in [0.5, 0.6) is 10.9 Å². The van der Waals surface area contributed by atoms with Crippen LogP contribution in [0.3, 0.4) is 0 Å². The van der Waals surface area contributed by atoms with E-state index in [1.54, 1.807) is 6.20 Å². The fraction of sp³-hybridized carbons (Fsp3) is 0.409. The Balaban J connectivity index is 1.17. The summed E-state index contributed by atoms with van der Waals surface area (Å²) >= 11 is 1.50. The number of amides is 2.